The van der Waals surface area contributed by atoms with E-state index in [9.17, 15) is 0 Å². The Morgan fingerprint density at radius 1 is 1.71 bits per heavy atom. The van der Waals surface area contributed by atoms with Gasteiger partial charge in [-0.25, -0.2) is 10.4 Å². The normalized spacial score (nSPS) is 13.1. The minimum Gasteiger partial charge on any atom is -0.337 e. The lowest BCUT2D eigenvalue weighted by atomic mass is 10.3. The van der Waals surface area contributed by atoms with E-state index in [1.807, 2.05) is 29.6 Å². The summed E-state index contributed by atoms with van der Waals surface area (Å²) in [4.78, 5) is 4.27. The first-order chi connectivity index (χ1) is 6.79. The molecule has 0 saturated carbocycles. The number of imidazole rings is 1. The smallest absolute Gasteiger partial charge is 0.127 e. The Labute approximate surface area is 89.2 Å². The van der Waals surface area contributed by atoms with E-state index in [0.717, 1.165) is 11.6 Å². The monoisotopic (exact) mass is 214 g/mol. The Morgan fingerprint density at radius 2 is 2.50 bits per heavy atom. The molecule has 5 heteroatoms. The van der Waals surface area contributed by atoms with Gasteiger partial charge in [0.15, 0.2) is 0 Å². The van der Waals surface area contributed by atoms with E-state index in [1.165, 1.54) is 12.2 Å². The third-order valence-corrected chi connectivity index (χ3v) is 3.27. The Kier molecular flexibility index (Phi) is 5.00. The van der Waals surface area contributed by atoms with Gasteiger partial charge in [-0.1, -0.05) is 6.92 Å². The summed E-state index contributed by atoms with van der Waals surface area (Å²) in [6, 6.07) is 0.145. The van der Waals surface area contributed by atoms with E-state index >= 15 is 0 Å². The van der Waals surface area contributed by atoms with Gasteiger partial charge in [-0.15, -0.1) is 0 Å². The fourth-order valence-corrected chi connectivity index (χ4v) is 2.19. The average molecular weight is 214 g/mol. The Morgan fingerprint density at radius 3 is 3.00 bits per heavy atom. The van der Waals surface area contributed by atoms with Crippen LogP contribution in [0.2, 0.25) is 0 Å². The average Bonchev–Trinajstić information content (AvgIpc) is 2.60. The molecule has 0 aliphatic heterocycles. The molecule has 1 rings (SSSR count). The quantitative estimate of drug-likeness (QED) is 0.422. The van der Waals surface area contributed by atoms with Crippen molar-refractivity contribution in [2.45, 2.75) is 19.4 Å². The van der Waals surface area contributed by atoms with E-state index in [2.05, 4.69) is 17.3 Å². The largest absolute Gasteiger partial charge is 0.337 e. The summed E-state index contributed by atoms with van der Waals surface area (Å²) in [5.74, 6) is 8.63. The van der Waals surface area contributed by atoms with Crippen molar-refractivity contribution in [2.75, 3.05) is 11.5 Å². The number of aromatic nitrogens is 2. The number of nitrogens with zero attached hydrogens (tertiary/aromatic N) is 2. The van der Waals surface area contributed by atoms with Crippen LogP contribution in [0.25, 0.3) is 0 Å². The van der Waals surface area contributed by atoms with Gasteiger partial charge in [-0.2, -0.15) is 11.8 Å². The zero-order valence-electron chi connectivity index (χ0n) is 8.73. The third-order valence-electron chi connectivity index (χ3n) is 2.00. The molecule has 0 amide bonds. The molecule has 0 spiro atoms. The molecule has 0 aliphatic carbocycles. The molecule has 0 aromatic carbocycles. The first kappa shape index (κ1) is 11.6. The second-order valence-corrected chi connectivity index (χ2v) is 4.34. The van der Waals surface area contributed by atoms with Crippen LogP contribution in [0, 0.1) is 0 Å². The molecule has 3 N–H and O–H groups in total. The van der Waals surface area contributed by atoms with Crippen LogP contribution < -0.4 is 11.3 Å². The standard InChI is InChI=1S/C9H18N4S/c1-3-6-14-7-8(12-10)9-11-4-5-13(9)2/h4-5,8,12H,3,6-7,10H2,1-2H3. The molecule has 4 nitrogen and oxygen atoms in total. The summed E-state index contributed by atoms with van der Waals surface area (Å²) >= 11 is 1.90. The minimum absolute atomic E-state index is 0.145. The fourth-order valence-electron chi connectivity index (χ4n) is 1.26. The zero-order valence-corrected chi connectivity index (χ0v) is 9.55. The maximum Gasteiger partial charge on any atom is 0.127 e. The molecule has 0 fully saturated rings. The Bertz CT molecular complexity index is 261. The van der Waals surface area contributed by atoms with Gasteiger partial charge >= 0.3 is 0 Å². The van der Waals surface area contributed by atoms with Crippen LogP contribution in [-0.4, -0.2) is 21.1 Å². The predicted molar refractivity (Wildman–Crippen MR) is 60.9 cm³/mol. The molecular formula is C9H18N4S. The highest BCUT2D eigenvalue weighted by molar-refractivity contribution is 7.99. The van der Waals surface area contributed by atoms with Crippen LogP contribution in [0.5, 0.6) is 0 Å². The van der Waals surface area contributed by atoms with E-state index in [0.29, 0.717) is 0 Å². The fraction of sp³-hybridized carbons (Fsp3) is 0.667. The van der Waals surface area contributed by atoms with Gasteiger partial charge in [0.2, 0.25) is 0 Å². The van der Waals surface area contributed by atoms with Crippen LogP contribution >= 0.6 is 11.8 Å². The van der Waals surface area contributed by atoms with Crippen molar-refractivity contribution in [2.24, 2.45) is 12.9 Å². The molecule has 1 atom stereocenters. The summed E-state index contributed by atoms with van der Waals surface area (Å²) in [6.07, 6.45) is 4.93. The van der Waals surface area contributed by atoms with Gasteiger partial charge in [0.1, 0.15) is 5.82 Å². The summed E-state index contributed by atoms with van der Waals surface area (Å²) in [5.41, 5.74) is 2.80. The Hall–Kier alpha value is -0.520. The number of thioether (sulfide) groups is 1. The van der Waals surface area contributed by atoms with E-state index in [4.69, 9.17) is 5.84 Å². The molecular weight excluding hydrogens is 196 g/mol. The molecule has 0 bridgehead atoms. The third kappa shape index (κ3) is 3.01. The lowest BCUT2D eigenvalue weighted by Crippen LogP contribution is -2.31. The van der Waals surface area contributed by atoms with Gasteiger partial charge in [0.05, 0.1) is 6.04 Å². The molecule has 0 aliphatic rings. The maximum atomic E-state index is 5.50. The maximum absolute atomic E-state index is 5.50. The molecule has 1 unspecified atom stereocenters. The minimum atomic E-state index is 0.145. The topological polar surface area (TPSA) is 55.9 Å². The number of nitrogens with two attached hydrogens (primary N) is 1. The SMILES string of the molecule is CCCSCC(NN)c1nccn1C. The highest BCUT2D eigenvalue weighted by Crippen LogP contribution is 2.15. The molecule has 14 heavy (non-hydrogen) atoms. The van der Waals surface area contributed by atoms with Gasteiger partial charge < -0.3 is 4.57 Å². The molecule has 0 saturated heterocycles. The first-order valence-electron chi connectivity index (χ1n) is 4.80. The molecule has 0 radical (unpaired) electrons. The summed E-state index contributed by atoms with van der Waals surface area (Å²) in [5, 5.41) is 0. The highest BCUT2D eigenvalue weighted by Gasteiger charge is 2.13. The van der Waals surface area contributed by atoms with Gasteiger partial charge in [-0.3, -0.25) is 5.84 Å². The summed E-state index contributed by atoms with van der Waals surface area (Å²) < 4.78 is 2.00. The van der Waals surface area contributed by atoms with E-state index < -0.39 is 0 Å². The van der Waals surface area contributed by atoms with Crippen molar-refractivity contribution in [1.29, 1.82) is 0 Å². The van der Waals surface area contributed by atoms with E-state index in [1.54, 1.807) is 6.20 Å². The van der Waals surface area contributed by atoms with Crippen molar-refractivity contribution >= 4 is 11.8 Å². The lowest BCUT2D eigenvalue weighted by Gasteiger charge is -2.14. The lowest BCUT2D eigenvalue weighted by molar-refractivity contribution is 0.557. The number of hydrogen-bond donors (Lipinski definition) is 2. The number of hydrogen-bond acceptors (Lipinski definition) is 4. The number of rotatable bonds is 6. The highest BCUT2D eigenvalue weighted by atomic mass is 32.2. The second-order valence-electron chi connectivity index (χ2n) is 3.19. The van der Waals surface area contributed by atoms with Crippen LogP contribution in [0.1, 0.15) is 25.2 Å². The van der Waals surface area contributed by atoms with Crippen LogP contribution in [-0.2, 0) is 7.05 Å². The van der Waals surface area contributed by atoms with Gasteiger partial charge in [0.25, 0.3) is 0 Å². The predicted octanol–water partition coefficient (Wildman–Crippen LogP) is 1.07. The van der Waals surface area contributed by atoms with Crippen LogP contribution in [0.15, 0.2) is 12.4 Å². The van der Waals surface area contributed by atoms with Crippen molar-refractivity contribution in [1.82, 2.24) is 15.0 Å². The second kappa shape index (κ2) is 6.06. The molecule has 1 heterocycles. The molecule has 1 aromatic rings. The van der Waals surface area contributed by atoms with Crippen molar-refractivity contribution in [3.05, 3.63) is 18.2 Å². The van der Waals surface area contributed by atoms with E-state index in [-0.39, 0.29) is 6.04 Å². The molecule has 80 valence electrons. The van der Waals surface area contributed by atoms with Crippen LogP contribution in [0.3, 0.4) is 0 Å². The molecule has 1 aromatic heterocycles. The van der Waals surface area contributed by atoms with Crippen molar-refractivity contribution in [3.63, 3.8) is 0 Å². The number of aryl methyl sites for hydroxylation is 1. The summed E-state index contributed by atoms with van der Waals surface area (Å²) in [7, 11) is 1.98. The van der Waals surface area contributed by atoms with Crippen molar-refractivity contribution < 1.29 is 0 Å². The van der Waals surface area contributed by atoms with Gasteiger partial charge in [-0.05, 0) is 12.2 Å². The first-order valence-corrected chi connectivity index (χ1v) is 5.96. The Balaban J connectivity index is 2.50. The van der Waals surface area contributed by atoms with Gasteiger partial charge in [0, 0.05) is 25.2 Å². The van der Waals surface area contributed by atoms with Crippen LogP contribution in [0.4, 0.5) is 0 Å². The number of nitrogens with one attached hydrogen (secondary N) is 1. The number of hydrazine groups is 1. The summed E-state index contributed by atoms with van der Waals surface area (Å²) in [6.45, 7) is 2.18. The van der Waals surface area contributed by atoms with Crippen molar-refractivity contribution in [3.8, 4) is 0 Å². The zero-order chi connectivity index (χ0) is 10.4.